The Morgan fingerprint density at radius 3 is 2.29 bits per heavy atom. The zero-order chi connectivity index (χ0) is 15.2. The van der Waals surface area contributed by atoms with Crippen molar-refractivity contribution in [2.45, 2.75) is 26.6 Å². The predicted octanol–water partition coefficient (Wildman–Crippen LogP) is 3.23. The lowest BCUT2D eigenvalue weighted by Crippen LogP contribution is -2.00. The Morgan fingerprint density at radius 2 is 1.71 bits per heavy atom. The third-order valence-corrected chi connectivity index (χ3v) is 3.23. The van der Waals surface area contributed by atoms with E-state index in [-0.39, 0.29) is 24.7 Å². The second-order valence-electron chi connectivity index (χ2n) is 4.68. The summed E-state index contributed by atoms with van der Waals surface area (Å²) in [6.45, 7) is 2.19. The Bertz CT molecular complexity index is 623. The molecule has 0 spiro atoms. The fourth-order valence-corrected chi connectivity index (χ4v) is 1.95. The number of aliphatic hydroxyl groups is 1. The topological polar surface area (TPSA) is 72.6 Å². The van der Waals surface area contributed by atoms with E-state index in [1.54, 1.807) is 24.3 Å². The minimum absolute atomic E-state index is 0.00884. The summed E-state index contributed by atoms with van der Waals surface area (Å²) in [5, 5.41) is 20.1. The van der Waals surface area contributed by atoms with Gasteiger partial charge in [-0.05, 0) is 29.2 Å². The van der Waals surface area contributed by atoms with Gasteiger partial charge in [0.1, 0.15) is 6.61 Å². The molecule has 0 radical (unpaired) electrons. The molecule has 0 aliphatic heterocycles. The largest absolute Gasteiger partial charge is 0.482 e. The molecule has 21 heavy (non-hydrogen) atoms. The van der Waals surface area contributed by atoms with Crippen LogP contribution in [0.15, 0.2) is 42.5 Å². The Kier molecular flexibility index (Phi) is 4.90. The average molecular weight is 287 g/mol. The summed E-state index contributed by atoms with van der Waals surface area (Å²) in [4.78, 5) is 10.7. The van der Waals surface area contributed by atoms with Crippen LogP contribution in [0.1, 0.15) is 23.6 Å². The van der Waals surface area contributed by atoms with Gasteiger partial charge in [0.25, 0.3) is 0 Å². The summed E-state index contributed by atoms with van der Waals surface area (Å²) in [5.74, 6) is 0.267. The molecule has 0 aromatic heterocycles. The maximum Gasteiger partial charge on any atom is 0.311 e. The molecule has 0 aliphatic rings. The van der Waals surface area contributed by atoms with E-state index in [0.29, 0.717) is 0 Å². The fraction of sp³-hybridized carbons (Fsp3) is 0.250. The number of aryl methyl sites for hydroxylation is 1. The lowest BCUT2D eigenvalue weighted by molar-refractivity contribution is -0.386. The maximum absolute atomic E-state index is 11.1. The zero-order valence-corrected chi connectivity index (χ0v) is 11.8. The van der Waals surface area contributed by atoms with Gasteiger partial charge in [-0.15, -0.1) is 0 Å². The van der Waals surface area contributed by atoms with Gasteiger partial charge in [0.2, 0.25) is 0 Å². The first-order chi connectivity index (χ1) is 10.1. The molecule has 1 N–H and O–H groups in total. The van der Waals surface area contributed by atoms with Crippen molar-refractivity contribution >= 4 is 5.69 Å². The van der Waals surface area contributed by atoms with Crippen molar-refractivity contribution in [2.24, 2.45) is 0 Å². The third-order valence-electron chi connectivity index (χ3n) is 3.23. The van der Waals surface area contributed by atoms with Crippen LogP contribution in [0.4, 0.5) is 5.69 Å². The molecule has 2 rings (SSSR count). The number of hydrogen-bond donors (Lipinski definition) is 1. The Balaban J connectivity index is 2.13. The lowest BCUT2D eigenvalue weighted by Gasteiger charge is -2.08. The molecule has 0 amide bonds. The number of nitro groups is 1. The normalized spacial score (nSPS) is 10.4. The van der Waals surface area contributed by atoms with E-state index in [1.807, 2.05) is 25.1 Å². The van der Waals surface area contributed by atoms with Crippen LogP contribution in [-0.4, -0.2) is 10.0 Å². The summed E-state index contributed by atoms with van der Waals surface area (Å²) < 4.78 is 5.55. The first-order valence-corrected chi connectivity index (χ1v) is 6.72. The molecule has 2 aromatic carbocycles. The van der Waals surface area contributed by atoms with E-state index in [2.05, 4.69) is 0 Å². The highest BCUT2D eigenvalue weighted by Crippen LogP contribution is 2.28. The predicted molar refractivity (Wildman–Crippen MR) is 79.2 cm³/mol. The quantitative estimate of drug-likeness (QED) is 0.654. The second-order valence-corrected chi connectivity index (χ2v) is 4.68. The van der Waals surface area contributed by atoms with E-state index >= 15 is 0 Å². The number of aliphatic hydroxyl groups excluding tert-OH is 1. The van der Waals surface area contributed by atoms with Crippen LogP contribution in [0.3, 0.4) is 0 Å². The Hall–Kier alpha value is -2.40. The third kappa shape index (κ3) is 3.79. The van der Waals surface area contributed by atoms with Gasteiger partial charge in [0.15, 0.2) is 5.75 Å². The number of nitro benzene ring substituents is 1. The van der Waals surface area contributed by atoms with Gasteiger partial charge in [-0.3, -0.25) is 10.1 Å². The van der Waals surface area contributed by atoms with Crippen molar-refractivity contribution in [1.82, 2.24) is 0 Å². The molecule has 0 atom stereocenters. The molecule has 0 aliphatic carbocycles. The van der Waals surface area contributed by atoms with Crippen LogP contribution in [0.5, 0.6) is 5.75 Å². The summed E-state index contributed by atoms with van der Waals surface area (Å²) in [6, 6.07) is 12.3. The molecule has 5 nitrogen and oxygen atoms in total. The highest BCUT2D eigenvalue weighted by molar-refractivity contribution is 5.48. The van der Waals surface area contributed by atoms with Gasteiger partial charge in [0.05, 0.1) is 11.5 Å². The van der Waals surface area contributed by atoms with Gasteiger partial charge in [-0.1, -0.05) is 37.3 Å². The second kappa shape index (κ2) is 6.85. The smallest absolute Gasteiger partial charge is 0.311 e. The lowest BCUT2D eigenvalue weighted by atomic mass is 10.1. The number of benzene rings is 2. The molecule has 0 bridgehead atoms. The average Bonchev–Trinajstić information content (AvgIpc) is 2.53. The van der Waals surface area contributed by atoms with Gasteiger partial charge in [0, 0.05) is 6.07 Å². The molecule has 0 fully saturated rings. The minimum Gasteiger partial charge on any atom is -0.482 e. The van der Waals surface area contributed by atoms with Gasteiger partial charge >= 0.3 is 5.69 Å². The van der Waals surface area contributed by atoms with Crippen LogP contribution in [0.2, 0.25) is 0 Å². The maximum atomic E-state index is 11.1. The summed E-state index contributed by atoms with van der Waals surface area (Å²) in [6.07, 6.45) is 0.740. The molecule has 0 heterocycles. The summed E-state index contributed by atoms with van der Waals surface area (Å²) >= 11 is 0. The monoisotopic (exact) mass is 287 g/mol. The molecule has 0 saturated heterocycles. The van der Waals surface area contributed by atoms with E-state index in [1.165, 1.54) is 0 Å². The first kappa shape index (κ1) is 15.0. The van der Waals surface area contributed by atoms with Crippen molar-refractivity contribution in [1.29, 1.82) is 0 Å². The van der Waals surface area contributed by atoms with Gasteiger partial charge in [-0.25, -0.2) is 0 Å². The van der Waals surface area contributed by atoms with Crippen LogP contribution in [-0.2, 0) is 19.6 Å². The molecular formula is C16H17NO4. The van der Waals surface area contributed by atoms with Crippen molar-refractivity contribution in [3.8, 4) is 5.75 Å². The van der Waals surface area contributed by atoms with Crippen molar-refractivity contribution in [3.05, 3.63) is 69.3 Å². The fourth-order valence-electron chi connectivity index (χ4n) is 1.95. The minimum atomic E-state index is -0.427. The van der Waals surface area contributed by atoms with Crippen LogP contribution < -0.4 is 4.74 Å². The number of hydrogen-bond acceptors (Lipinski definition) is 4. The van der Waals surface area contributed by atoms with Crippen molar-refractivity contribution < 1.29 is 14.8 Å². The Labute approximate surface area is 123 Å². The van der Waals surface area contributed by atoms with Crippen LogP contribution >= 0.6 is 0 Å². The molecule has 110 valence electrons. The molecule has 0 saturated carbocycles. The highest BCUT2D eigenvalue weighted by Gasteiger charge is 2.15. The standard InChI is InChI=1S/C16H17NO4/c1-2-12-7-8-16(15(9-12)17(19)20)21-11-14-5-3-13(10-18)4-6-14/h3-9,18H,2,10-11H2,1H3. The SMILES string of the molecule is CCc1ccc(OCc2ccc(CO)cc2)c([N+](=O)[O-])c1. The number of ether oxygens (including phenoxy) is 1. The van der Waals surface area contributed by atoms with E-state index in [0.717, 1.165) is 23.1 Å². The van der Waals surface area contributed by atoms with Crippen LogP contribution in [0, 0.1) is 10.1 Å². The highest BCUT2D eigenvalue weighted by atomic mass is 16.6. The number of rotatable bonds is 6. The van der Waals surface area contributed by atoms with Crippen molar-refractivity contribution in [2.75, 3.05) is 0 Å². The number of nitrogens with zero attached hydrogens (tertiary/aromatic N) is 1. The summed E-state index contributed by atoms with van der Waals surface area (Å²) in [7, 11) is 0. The summed E-state index contributed by atoms with van der Waals surface area (Å²) in [5.41, 5.74) is 2.60. The molecule has 0 unspecified atom stereocenters. The first-order valence-electron chi connectivity index (χ1n) is 6.72. The van der Waals surface area contributed by atoms with E-state index in [9.17, 15) is 10.1 Å². The zero-order valence-electron chi connectivity index (χ0n) is 11.8. The van der Waals surface area contributed by atoms with E-state index < -0.39 is 4.92 Å². The molecular weight excluding hydrogens is 270 g/mol. The van der Waals surface area contributed by atoms with Crippen LogP contribution in [0.25, 0.3) is 0 Å². The van der Waals surface area contributed by atoms with E-state index in [4.69, 9.17) is 9.84 Å². The van der Waals surface area contributed by atoms with Crippen molar-refractivity contribution in [3.63, 3.8) is 0 Å². The van der Waals surface area contributed by atoms with Gasteiger partial charge < -0.3 is 9.84 Å². The van der Waals surface area contributed by atoms with Gasteiger partial charge in [-0.2, -0.15) is 0 Å². The molecule has 5 heteroatoms. The Morgan fingerprint density at radius 1 is 1.10 bits per heavy atom. The molecule has 2 aromatic rings.